The zero-order valence-corrected chi connectivity index (χ0v) is 14.6. The van der Waals surface area contributed by atoms with Gasteiger partial charge in [-0.25, -0.2) is 0 Å². The first-order valence-electron chi connectivity index (χ1n) is 9.10. The smallest absolute Gasteiger partial charge is 0.302 e. The Morgan fingerprint density at radius 3 is 1.74 bits per heavy atom. The van der Waals surface area contributed by atoms with Crippen molar-refractivity contribution in [3.05, 3.63) is 30.3 Å². The lowest BCUT2D eigenvalue weighted by atomic mass is 10.1. The van der Waals surface area contributed by atoms with Crippen LogP contribution in [0.5, 0.6) is 5.75 Å². The molecule has 0 N–H and O–H groups in total. The van der Waals surface area contributed by atoms with E-state index in [9.17, 15) is 4.79 Å². The van der Waals surface area contributed by atoms with Gasteiger partial charge >= 0.3 is 5.97 Å². The SMILES string of the molecule is CC(=O)OCCCCCCCCCCCCOc1ccccc1. The van der Waals surface area contributed by atoms with E-state index in [1.54, 1.807) is 0 Å². The second-order valence-corrected chi connectivity index (χ2v) is 6.04. The standard InChI is InChI=1S/C20H32O3/c1-19(21)22-17-13-8-6-4-2-3-5-7-9-14-18-23-20-15-11-10-12-16-20/h10-12,15-16H,2-9,13-14,17-18H2,1H3. The Labute approximate surface area is 141 Å². The van der Waals surface area contributed by atoms with Crippen LogP contribution < -0.4 is 4.74 Å². The molecule has 0 atom stereocenters. The summed E-state index contributed by atoms with van der Waals surface area (Å²) < 4.78 is 10.6. The van der Waals surface area contributed by atoms with Crippen molar-refractivity contribution in [1.29, 1.82) is 0 Å². The molecule has 3 heteroatoms. The number of carbonyl (C=O) groups is 1. The van der Waals surface area contributed by atoms with Gasteiger partial charge < -0.3 is 9.47 Å². The fourth-order valence-electron chi connectivity index (χ4n) is 2.54. The summed E-state index contributed by atoms with van der Waals surface area (Å²) in [6.07, 6.45) is 12.4. The molecule has 0 heterocycles. The molecule has 0 unspecified atom stereocenters. The average molecular weight is 320 g/mol. The highest BCUT2D eigenvalue weighted by molar-refractivity contribution is 5.65. The van der Waals surface area contributed by atoms with E-state index in [0.29, 0.717) is 6.61 Å². The summed E-state index contributed by atoms with van der Waals surface area (Å²) in [6, 6.07) is 10.0. The summed E-state index contributed by atoms with van der Waals surface area (Å²) in [5.74, 6) is 0.806. The first-order valence-corrected chi connectivity index (χ1v) is 9.10. The third-order valence-corrected chi connectivity index (χ3v) is 3.86. The third-order valence-electron chi connectivity index (χ3n) is 3.86. The van der Waals surface area contributed by atoms with E-state index in [-0.39, 0.29) is 5.97 Å². The summed E-state index contributed by atoms with van der Waals surface area (Å²) in [5.41, 5.74) is 0. The monoisotopic (exact) mass is 320 g/mol. The molecule has 1 aromatic rings. The van der Waals surface area contributed by atoms with Crippen molar-refractivity contribution in [3.63, 3.8) is 0 Å². The van der Waals surface area contributed by atoms with Gasteiger partial charge in [-0.2, -0.15) is 0 Å². The van der Waals surface area contributed by atoms with Gasteiger partial charge in [0.2, 0.25) is 0 Å². The highest BCUT2D eigenvalue weighted by Gasteiger charge is 1.96. The number of ether oxygens (including phenoxy) is 2. The molecular weight excluding hydrogens is 288 g/mol. The van der Waals surface area contributed by atoms with Crippen molar-refractivity contribution in [1.82, 2.24) is 0 Å². The molecule has 0 aromatic heterocycles. The van der Waals surface area contributed by atoms with Crippen LogP contribution in [0.1, 0.15) is 71.1 Å². The zero-order valence-electron chi connectivity index (χ0n) is 14.6. The Kier molecular flexibility index (Phi) is 12.0. The van der Waals surface area contributed by atoms with Gasteiger partial charge in [0.05, 0.1) is 13.2 Å². The zero-order chi connectivity index (χ0) is 16.6. The first-order chi connectivity index (χ1) is 11.3. The Morgan fingerprint density at radius 2 is 1.22 bits per heavy atom. The van der Waals surface area contributed by atoms with E-state index >= 15 is 0 Å². The first kappa shape index (κ1) is 19.5. The maximum Gasteiger partial charge on any atom is 0.302 e. The predicted molar refractivity (Wildman–Crippen MR) is 94.7 cm³/mol. The quantitative estimate of drug-likeness (QED) is 0.334. The molecule has 1 rings (SSSR count). The van der Waals surface area contributed by atoms with E-state index < -0.39 is 0 Å². The van der Waals surface area contributed by atoms with Crippen molar-refractivity contribution in [3.8, 4) is 5.75 Å². The van der Waals surface area contributed by atoms with Crippen LogP contribution in [0.2, 0.25) is 0 Å². The highest BCUT2D eigenvalue weighted by Crippen LogP contribution is 2.12. The van der Waals surface area contributed by atoms with Gasteiger partial charge in [-0.05, 0) is 25.0 Å². The molecule has 0 saturated carbocycles. The number of hydrogen-bond donors (Lipinski definition) is 0. The van der Waals surface area contributed by atoms with Crippen LogP contribution >= 0.6 is 0 Å². The molecule has 130 valence electrons. The molecule has 0 aliphatic rings. The fraction of sp³-hybridized carbons (Fsp3) is 0.650. The van der Waals surface area contributed by atoms with E-state index in [2.05, 4.69) is 0 Å². The number of benzene rings is 1. The van der Waals surface area contributed by atoms with Crippen LogP contribution in [0.25, 0.3) is 0 Å². The predicted octanol–water partition coefficient (Wildman–Crippen LogP) is 5.53. The molecule has 0 aliphatic carbocycles. The minimum atomic E-state index is -0.167. The van der Waals surface area contributed by atoms with Gasteiger partial charge in [0, 0.05) is 6.92 Å². The summed E-state index contributed by atoms with van der Waals surface area (Å²) in [7, 11) is 0. The molecular formula is C20H32O3. The molecule has 1 aromatic carbocycles. The van der Waals surface area contributed by atoms with Crippen LogP contribution in [-0.2, 0) is 9.53 Å². The Bertz CT molecular complexity index is 389. The summed E-state index contributed by atoms with van der Waals surface area (Å²) in [6.45, 7) is 2.88. The molecule has 0 amide bonds. The Hall–Kier alpha value is -1.51. The van der Waals surface area contributed by atoms with Gasteiger partial charge in [-0.15, -0.1) is 0 Å². The van der Waals surface area contributed by atoms with Crippen molar-refractivity contribution in [2.24, 2.45) is 0 Å². The number of rotatable bonds is 14. The van der Waals surface area contributed by atoms with Crippen molar-refractivity contribution in [2.45, 2.75) is 71.1 Å². The summed E-state index contributed by atoms with van der Waals surface area (Å²) in [5, 5.41) is 0. The van der Waals surface area contributed by atoms with Gasteiger partial charge in [-0.3, -0.25) is 4.79 Å². The normalized spacial score (nSPS) is 10.5. The van der Waals surface area contributed by atoms with Crippen LogP contribution in [-0.4, -0.2) is 19.2 Å². The fourth-order valence-corrected chi connectivity index (χ4v) is 2.54. The number of para-hydroxylation sites is 1. The molecule has 0 spiro atoms. The van der Waals surface area contributed by atoms with Crippen LogP contribution in [0, 0.1) is 0 Å². The van der Waals surface area contributed by atoms with E-state index in [1.807, 2.05) is 30.3 Å². The van der Waals surface area contributed by atoms with E-state index in [4.69, 9.17) is 9.47 Å². The van der Waals surface area contributed by atoms with Crippen LogP contribution in [0.15, 0.2) is 30.3 Å². The maximum absolute atomic E-state index is 10.6. The molecule has 23 heavy (non-hydrogen) atoms. The van der Waals surface area contributed by atoms with Crippen molar-refractivity contribution in [2.75, 3.05) is 13.2 Å². The lowest BCUT2D eigenvalue weighted by molar-refractivity contribution is -0.141. The minimum Gasteiger partial charge on any atom is -0.494 e. The molecule has 0 bridgehead atoms. The lowest BCUT2D eigenvalue weighted by Crippen LogP contribution is -2.00. The number of unbranched alkanes of at least 4 members (excludes halogenated alkanes) is 9. The maximum atomic E-state index is 10.6. The topological polar surface area (TPSA) is 35.5 Å². The van der Waals surface area contributed by atoms with Crippen LogP contribution in [0.3, 0.4) is 0 Å². The average Bonchev–Trinajstić information content (AvgIpc) is 2.56. The van der Waals surface area contributed by atoms with E-state index in [0.717, 1.165) is 25.2 Å². The number of esters is 1. The van der Waals surface area contributed by atoms with Gasteiger partial charge in [0.25, 0.3) is 0 Å². The second-order valence-electron chi connectivity index (χ2n) is 6.04. The van der Waals surface area contributed by atoms with Gasteiger partial charge in [0.15, 0.2) is 0 Å². The molecule has 0 aliphatic heterocycles. The molecule has 0 fully saturated rings. The largest absolute Gasteiger partial charge is 0.494 e. The third kappa shape index (κ3) is 12.7. The minimum absolute atomic E-state index is 0.167. The Morgan fingerprint density at radius 1 is 0.739 bits per heavy atom. The molecule has 0 radical (unpaired) electrons. The van der Waals surface area contributed by atoms with E-state index in [1.165, 1.54) is 58.3 Å². The molecule has 3 nitrogen and oxygen atoms in total. The Balaban J connectivity index is 1.74. The summed E-state index contributed by atoms with van der Waals surface area (Å²) in [4.78, 5) is 10.6. The van der Waals surface area contributed by atoms with Gasteiger partial charge in [-0.1, -0.05) is 69.6 Å². The summed E-state index contributed by atoms with van der Waals surface area (Å²) >= 11 is 0. The number of hydrogen-bond acceptors (Lipinski definition) is 3. The van der Waals surface area contributed by atoms with Crippen LogP contribution in [0.4, 0.5) is 0 Å². The number of carbonyl (C=O) groups excluding carboxylic acids is 1. The van der Waals surface area contributed by atoms with Crippen molar-refractivity contribution < 1.29 is 14.3 Å². The highest BCUT2D eigenvalue weighted by atomic mass is 16.5. The lowest BCUT2D eigenvalue weighted by Gasteiger charge is -2.06. The second kappa shape index (κ2) is 14.1. The van der Waals surface area contributed by atoms with Gasteiger partial charge in [0.1, 0.15) is 5.75 Å². The molecule has 0 saturated heterocycles. The van der Waals surface area contributed by atoms with Crippen molar-refractivity contribution >= 4 is 5.97 Å².